The van der Waals surface area contributed by atoms with Gasteiger partial charge in [0, 0.05) is 6.20 Å². The van der Waals surface area contributed by atoms with E-state index in [4.69, 9.17) is 9.51 Å². The van der Waals surface area contributed by atoms with E-state index in [1.807, 2.05) is 54.8 Å². The number of hydrogen-bond acceptors (Lipinski definition) is 8. The molecule has 0 bridgehead atoms. The van der Waals surface area contributed by atoms with Gasteiger partial charge in [0.2, 0.25) is 0 Å². The van der Waals surface area contributed by atoms with Gasteiger partial charge in [-0.1, -0.05) is 41.2 Å². The summed E-state index contributed by atoms with van der Waals surface area (Å²) in [7, 11) is 0. The van der Waals surface area contributed by atoms with Crippen molar-refractivity contribution in [2.75, 3.05) is 0 Å². The Morgan fingerprint density at radius 3 is 2.80 bits per heavy atom. The molecule has 0 atom stereocenters. The quantitative estimate of drug-likeness (QED) is 0.298. The van der Waals surface area contributed by atoms with Crippen molar-refractivity contribution in [3.05, 3.63) is 81.8 Å². The normalized spacial score (nSPS) is 11.2. The standard InChI is InChI=1S/C21H15N5O2S2/c1-13-8-9-18(22-11-13)26-20(27)14-5-2-3-6-15(14)23-21(26)30-12-17-24-19(28-25-17)16-7-4-10-29-16/h2-11H,12H2,1H3. The molecule has 0 spiro atoms. The van der Waals surface area contributed by atoms with Crippen LogP contribution >= 0.6 is 23.1 Å². The van der Waals surface area contributed by atoms with Crippen LogP contribution in [0.1, 0.15) is 11.4 Å². The molecule has 0 saturated carbocycles. The molecule has 7 nitrogen and oxygen atoms in total. The average Bonchev–Trinajstić information content (AvgIpc) is 3.45. The van der Waals surface area contributed by atoms with Gasteiger partial charge >= 0.3 is 0 Å². The van der Waals surface area contributed by atoms with E-state index in [-0.39, 0.29) is 5.56 Å². The Balaban J connectivity index is 1.53. The van der Waals surface area contributed by atoms with Gasteiger partial charge in [-0.2, -0.15) is 4.98 Å². The minimum Gasteiger partial charge on any atom is -0.333 e. The van der Waals surface area contributed by atoms with Crippen molar-refractivity contribution in [2.45, 2.75) is 17.8 Å². The molecule has 0 unspecified atom stereocenters. The Hall–Kier alpha value is -3.30. The second-order valence-corrected chi connectivity index (χ2v) is 8.42. The third-order valence-corrected chi connectivity index (χ3v) is 6.19. The SMILES string of the molecule is Cc1ccc(-n2c(SCc3noc(-c4cccs4)n3)nc3ccccc3c2=O)nc1. The summed E-state index contributed by atoms with van der Waals surface area (Å²) in [5.74, 6) is 1.96. The fourth-order valence-corrected chi connectivity index (χ4v) is 4.43. The van der Waals surface area contributed by atoms with Crippen LogP contribution < -0.4 is 5.56 Å². The lowest BCUT2D eigenvalue weighted by Crippen LogP contribution is -2.22. The first-order valence-corrected chi connectivity index (χ1v) is 11.0. The van der Waals surface area contributed by atoms with Gasteiger partial charge in [0.1, 0.15) is 5.82 Å². The van der Waals surface area contributed by atoms with Gasteiger partial charge in [-0.15, -0.1) is 11.3 Å². The molecule has 0 radical (unpaired) electrons. The molecule has 4 aromatic heterocycles. The highest BCUT2D eigenvalue weighted by Crippen LogP contribution is 2.26. The first kappa shape index (κ1) is 18.7. The molecule has 0 aliphatic carbocycles. The van der Waals surface area contributed by atoms with Gasteiger partial charge in [-0.25, -0.2) is 14.5 Å². The van der Waals surface area contributed by atoms with Gasteiger partial charge in [0.15, 0.2) is 11.0 Å². The second-order valence-electron chi connectivity index (χ2n) is 6.53. The summed E-state index contributed by atoms with van der Waals surface area (Å²) in [6.07, 6.45) is 1.73. The lowest BCUT2D eigenvalue weighted by atomic mass is 10.2. The zero-order valence-electron chi connectivity index (χ0n) is 15.8. The molecular weight excluding hydrogens is 418 g/mol. The largest absolute Gasteiger partial charge is 0.333 e. The number of aryl methyl sites for hydroxylation is 1. The smallest absolute Gasteiger partial charge is 0.268 e. The van der Waals surface area contributed by atoms with Crippen LogP contribution in [-0.2, 0) is 5.75 Å². The van der Waals surface area contributed by atoms with Crippen LogP contribution in [0.4, 0.5) is 0 Å². The predicted octanol–water partition coefficient (Wildman–Crippen LogP) is 4.49. The Bertz CT molecular complexity index is 1380. The van der Waals surface area contributed by atoms with Gasteiger partial charge in [-0.05, 0) is 42.1 Å². The summed E-state index contributed by atoms with van der Waals surface area (Å²) in [6, 6.07) is 14.9. The van der Waals surface area contributed by atoms with Crippen molar-refractivity contribution in [1.29, 1.82) is 0 Å². The van der Waals surface area contributed by atoms with Gasteiger partial charge in [-0.3, -0.25) is 4.79 Å². The Morgan fingerprint density at radius 1 is 1.10 bits per heavy atom. The summed E-state index contributed by atoms with van der Waals surface area (Å²) in [5.41, 5.74) is 1.50. The fraction of sp³-hybridized carbons (Fsp3) is 0.0952. The highest BCUT2D eigenvalue weighted by molar-refractivity contribution is 7.98. The van der Waals surface area contributed by atoms with Crippen LogP contribution in [0, 0.1) is 6.92 Å². The van der Waals surface area contributed by atoms with Crippen LogP contribution in [0.25, 0.3) is 27.5 Å². The number of pyridine rings is 1. The Kier molecular flexibility index (Phi) is 4.89. The first-order valence-electron chi connectivity index (χ1n) is 9.13. The third-order valence-electron chi connectivity index (χ3n) is 4.40. The molecule has 5 rings (SSSR count). The molecule has 4 heterocycles. The predicted molar refractivity (Wildman–Crippen MR) is 117 cm³/mol. The van der Waals surface area contributed by atoms with E-state index < -0.39 is 0 Å². The zero-order chi connectivity index (χ0) is 20.5. The number of benzene rings is 1. The fourth-order valence-electron chi connectivity index (χ4n) is 2.95. The van der Waals surface area contributed by atoms with E-state index in [1.54, 1.807) is 12.3 Å². The van der Waals surface area contributed by atoms with Crippen LogP contribution in [0.2, 0.25) is 0 Å². The van der Waals surface area contributed by atoms with Gasteiger partial charge in [0.05, 0.1) is 21.5 Å². The number of thioether (sulfide) groups is 1. The number of aromatic nitrogens is 5. The lowest BCUT2D eigenvalue weighted by Gasteiger charge is -2.12. The van der Waals surface area contributed by atoms with E-state index in [0.717, 1.165) is 10.4 Å². The number of hydrogen-bond donors (Lipinski definition) is 0. The van der Waals surface area contributed by atoms with Crippen LogP contribution in [0.3, 0.4) is 0 Å². The maximum Gasteiger partial charge on any atom is 0.268 e. The molecule has 0 aliphatic heterocycles. The molecule has 148 valence electrons. The van der Waals surface area contributed by atoms with Crippen molar-refractivity contribution < 1.29 is 4.52 Å². The van der Waals surface area contributed by atoms with Gasteiger partial charge < -0.3 is 4.52 Å². The monoisotopic (exact) mass is 433 g/mol. The Morgan fingerprint density at radius 2 is 2.00 bits per heavy atom. The molecule has 0 fully saturated rings. The van der Waals surface area contributed by atoms with Crippen LogP contribution in [0.5, 0.6) is 0 Å². The van der Waals surface area contributed by atoms with Crippen molar-refractivity contribution in [3.8, 4) is 16.6 Å². The second kappa shape index (κ2) is 7.85. The molecular formula is C21H15N5O2S2. The number of fused-ring (bicyclic) bond motifs is 1. The number of thiophene rings is 1. The van der Waals surface area contributed by atoms with E-state index in [2.05, 4.69) is 15.1 Å². The van der Waals surface area contributed by atoms with Crippen molar-refractivity contribution >= 4 is 34.0 Å². The molecule has 5 aromatic rings. The molecule has 0 amide bonds. The van der Waals surface area contributed by atoms with E-state index in [9.17, 15) is 4.79 Å². The number of nitrogens with zero attached hydrogens (tertiary/aromatic N) is 5. The zero-order valence-corrected chi connectivity index (χ0v) is 17.5. The molecule has 1 aromatic carbocycles. The summed E-state index contributed by atoms with van der Waals surface area (Å²) in [6.45, 7) is 1.95. The van der Waals surface area contributed by atoms with E-state index >= 15 is 0 Å². The van der Waals surface area contributed by atoms with Crippen molar-refractivity contribution in [1.82, 2.24) is 24.7 Å². The lowest BCUT2D eigenvalue weighted by molar-refractivity contribution is 0.426. The van der Waals surface area contributed by atoms with Crippen LogP contribution in [-0.4, -0.2) is 24.7 Å². The van der Waals surface area contributed by atoms with Crippen LogP contribution in [0.15, 0.2) is 74.6 Å². The number of para-hydroxylation sites is 1. The average molecular weight is 434 g/mol. The third kappa shape index (κ3) is 3.53. The maximum atomic E-state index is 13.2. The molecule has 0 saturated heterocycles. The molecule has 9 heteroatoms. The Labute approximate surface area is 179 Å². The topological polar surface area (TPSA) is 86.7 Å². The minimum atomic E-state index is -0.160. The van der Waals surface area contributed by atoms with E-state index in [1.165, 1.54) is 27.7 Å². The highest BCUT2D eigenvalue weighted by Gasteiger charge is 2.16. The minimum absolute atomic E-state index is 0.160. The highest BCUT2D eigenvalue weighted by atomic mass is 32.2. The first-order chi connectivity index (χ1) is 14.7. The van der Waals surface area contributed by atoms with Gasteiger partial charge in [0.25, 0.3) is 11.4 Å². The molecule has 30 heavy (non-hydrogen) atoms. The number of rotatable bonds is 5. The van der Waals surface area contributed by atoms with E-state index in [0.29, 0.717) is 39.3 Å². The summed E-state index contributed by atoms with van der Waals surface area (Å²) in [4.78, 5) is 27.7. The summed E-state index contributed by atoms with van der Waals surface area (Å²) < 4.78 is 6.89. The summed E-state index contributed by atoms with van der Waals surface area (Å²) >= 11 is 2.91. The maximum absolute atomic E-state index is 13.2. The molecule has 0 N–H and O–H groups in total. The summed E-state index contributed by atoms with van der Waals surface area (Å²) in [5, 5.41) is 7.08. The van der Waals surface area contributed by atoms with Crippen molar-refractivity contribution in [2.24, 2.45) is 0 Å². The van der Waals surface area contributed by atoms with Crippen molar-refractivity contribution in [3.63, 3.8) is 0 Å². The molecule has 0 aliphatic rings.